The van der Waals surface area contributed by atoms with Gasteiger partial charge in [0.2, 0.25) is 9.84 Å². The van der Waals surface area contributed by atoms with Crippen molar-refractivity contribution in [2.24, 2.45) is 0 Å². The second kappa shape index (κ2) is 5.36. The summed E-state index contributed by atoms with van der Waals surface area (Å²) in [7, 11) is -3.50. The van der Waals surface area contributed by atoms with Crippen molar-refractivity contribution in [3.63, 3.8) is 0 Å². The second-order valence-corrected chi connectivity index (χ2v) is 6.07. The summed E-state index contributed by atoms with van der Waals surface area (Å²) in [6.07, 6.45) is 0.408. The van der Waals surface area contributed by atoms with Gasteiger partial charge >= 0.3 is 0 Å². The predicted octanol–water partition coefficient (Wildman–Crippen LogP) is 3.11. The van der Waals surface area contributed by atoms with Gasteiger partial charge in [-0.05, 0) is 24.3 Å². The molecule has 2 aromatic rings. The van der Waals surface area contributed by atoms with Gasteiger partial charge in [-0.25, -0.2) is 8.42 Å². The van der Waals surface area contributed by atoms with Crippen molar-refractivity contribution in [2.45, 2.75) is 23.1 Å². The van der Waals surface area contributed by atoms with Crippen LogP contribution in [-0.4, -0.2) is 14.2 Å². The summed E-state index contributed by atoms with van der Waals surface area (Å²) >= 11 is 0. The van der Waals surface area contributed by atoms with Crippen LogP contribution in [0.25, 0.3) is 0 Å². The molecule has 0 spiro atoms. The zero-order valence-electron chi connectivity index (χ0n) is 10.5. The maximum atomic E-state index is 12.3. The molecule has 2 rings (SSSR count). The van der Waals surface area contributed by atoms with E-state index in [-0.39, 0.29) is 15.6 Å². The molecule has 0 amide bonds. The molecule has 0 aliphatic carbocycles. The van der Waals surface area contributed by atoms with Crippen molar-refractivity contribution < 1.29 is 13.2 Å². The number of Topliss-reactive ketones (excluding diaryl/α,β-unsaturated/α-hetero) is 1. The fraction of sp³-hybridized carbons (Fsp3) is 0.133. The molecule has 98 valence electrons. The molecular weight excluding hydrogens is 260 g/mol. The van der Waals surface area contributed by atoms with Gasteiger partial charge in [0.1, 0.15) is 0 Å². The largest absolute Gasteiger partial charge is 0.294 e. The summed E-state index contributed by atoms with van der Waals surface area (Å²) in [6.45, 7) is 1.77. The summed E-state index contributed by atoms with van der Waals surface area (Å²) < 4.78 is 24.6. The van der Waals surface area contributed by atoms with Gasteiger partial charge in [-0.15, -0.1) is 0 Å². The third-order valence-electron chi connectivity index (χ3n) is 2.86. The highest BCUT2D eigenvalue weighted by molar-refractivity contribution is 7.91. The number of sulfone groups is 1. The first-order chi connectivity index (χ1) is 9.05. The molecule has 3 nitrogen and oxygen atoms in total. The first kappa shape index (κ1) is 13.5. The molecule has 0 radical (unpaired) electrons. The Morgan fingerprint density at radius 2 is 1.42 bits per heavy atom. The Balaban J connectivity index is 2.40. The fourth-order valence-corrected chi connectivity index (χ4v) is 3.04. The van der Waals surface area contributed by atoms with Crippen LogP contribution in [0.15, 0.2) is 64.4 Å². The van der Waals surface area contributed by atoms with Crippen molar-refractivity contribution >= 4 is 15.6 Å². The molecule has 4 heteroatoms. The smallest absolute Gasteiger partial charge is 0.206 e. The average molecular weight is 274 g/mol. The number of carbonyl (C=O) groups is 1. The molecule has 2 aromatic carbocycles. The Morgan fingerprint density at radius 3 is 1.95 bits per heavy atom. The van der Waals surface area contributed by atoms with Crippen LogP contribution in [0.3, 0.4) is 0 Å². The highest BCUT2D eigenvalue weighted by Crippen LogP contribution is 2.21. The maximum absolute atomic E-state index is 12.3. The number of benzene rings is 2. The van der Waals surface area contributed by atoms with Crippen LogP contribution in [0.2, 0.25) is 0 Å². The van der Waals surface area contributed by atoms with Crippen LogP contribution in [0, 0.1) is 0 Å². The number of hydrogen-bond acceptors (Lipinski definition) is 3. The number of rotatable bonds is 4. The summed E-state index contributed by atoms with van der Waals surface area (Å²) in [5.41, 5.74) is 0.537. The number of hydrogen-bond donors (Lipinski definition) is 0. The lowest BCUT2D eigenvalue weighted by molar-refractivity contribution is 0.0988. The molecule has 0 atom stereocenters. The van der Waals surface area contributed by atoms with E-state index in [1.165, 1.54) is 12.1 Å². The van der Waals surface area contributed by atoms with Gasteiger partial charge in [0, 0.05) is 12.0 Å². The van der Waals surface area contributed by atoms with Crippen molar-refractivity contribution in [3.8, 4) is 0 Å². The van der Waals surface area contributed by atoms with Crippen LogP contribution in [0.4, 0.5) is 0 Å². The van der Waals surface area contributed by atoms with Gasteiger partial charge in [0.05, 0.1) is 9.79 Å². The molecule has 0 aliphatic rings. The Labute approximate surface area is 112 Å². The van der Waals surface area contributed by atoms with Crippen LogP contribution in [-0.2, 0) is 9.84 Å². The molecular formula is C15H14O3S. The van der Waals surface area contributed by atoms with Gasteiger partial charge in [-0.3, -0.25) is 4.79 Å². The van der Waals surface area contributed by atoms with E-state index in [0.29, 0.717) is 12.0 Å². The van der Waals surface area contributed by atoms with Gasteiger partial charge < -0.3 is 0 Å². The van der Waals surface area contributed by atoms with Crippen LogP contribution in [0.1, 0.15) is 23.7 Å². The summed E-state index contributed by atoms with van der Waals surface area (Å²) in [4.78, 5) is 11.9. The lowest BCUT2D eigenvalue weighted by Crippen LogP contribution is -2.03. The predicted molar refractivity (Wildman–Crippen MR) is 73.0 cm³/mol. The minimum Gasteiger partial charge on any atom is -0.294 e. The van der Waals surface area contributed by atoms with Crippen LogP contribution >= 0.6 is 0 Å². The van der Waals surface area contributed by atoms with E-state index >= 15 is 0 Å². The molecule has 19 heavy (non-hydrogen) atoms. The Bertz CT molecular complexity index is 671. The van der Waals surface area contributed by atoms with E-state index in [2.05, 4.69) is 0 Å². The highest BCUT2D eigenvalue weighted by atomic mass is 32.2. The molecule has 0 saturated carbocycles. The van der Waals surface area contributed by atoms with Gasteiger partial charge in [0.15, 0.2) is 5.78 Å². The van der Waals surface area contributed by atoms with E-state index in [9.17, 15) is 13.2 Å². The van der Waals surface area contributed by atoms with Gasteiger partial charge in [-0.1, -0.05) is 37.3 Å². The standard InChI is InChI=1S/C15H14O3S/c1-2-15(16)12-8-10-14(11-9-12)19(17,18)13-6-4-3-5-7-13/h3-11H,2H2,1H3. The van der Waals surface area contributed by atoms with Gasteiger partial charge in [0.25, 0.3) is 0 Å². The molecule has 0 heterocycles. The Morgan fingerprint density at radius 1 is 0.895 bits per heavy atom. The van der Waals surface area contributed by atoms with E-state index in [1.54, 1.807) is 49.4 Å². The first-order valence-corrected chi connectivity index (χ1v) is 7.47. The molecule has 0 unspecified atom stereocenters. The van der Waals surface area contributed by atoms with Crippen molar-refractivity contribution in [1.29, 1.82) is 0 Å². The zero-order valence-corrected chi connectivity index (χ0v) is 11.4. The molecule has 0 aromatic heterocycles. The number of ketones is 1. The Hall–Kier alpha value is -1.94. The van der Waals surface area contributed by atoms with Crippen LogP contribution < -0.4 is 0 Å². The minimum atomic E-state index is -3.50. The highest BCUT2D eigenvalue weighted by Gasteiger charge is 2.17. The molecule has 0 N–H and O–H groups in total. The van der Waals surface area contributed by atoms with Crippen molar-refractivity contribution in [2.75, 3.05) is 0 Å². The molecule has 0 fully saturated rings. The molecule has 0 aliphatic heterocycles. The summed E-state index contributed by atoms with van der Waals surface area (Å²) in [6, 6.07) is 14.3. The van der Waals surface area contributed by atoms with E-state index in [0.717, 1.165) is 0 Å². The third kappa shape index (κ3) is 2.74. The maximum Gasteiger partial charge on any atom is 0.206 e. The zero-order chi connectivity index (χ0) is 13.9. The quantitative estimate of drug-likeness (QED) is 0.805. The van der Waals surface area contributed by atoms with Crippen molar-refractivity contribution in [3.05, 3.63) is 60.2 Å². The monoisotopic (exact) mass is 274 g/mol. The normalized spacial score (nSPS) is 11.2. The topological polar surface area (TPSA) is 51.2 Å². The minimum absolute atomic E-state index is 0.00339. The lowest BCUT2D eigenvalue weighted by Gasteiger charge is -2.05. The average Bonchev–Trinajstić information content (AvgIpc) is 2.47. The van der Waals surface area contributed by atoms with E-state index in [4.69, 9.17) is 0 Å². The molecule has 0 saturated heterocycles. The SMILES string of the molecule is CCC(=O)c1ccc(S(=O)(=O)c2ccccc2)cc1. The number of carbonyl (C=O) groups excluding carboxylic acids is 1. The van der Waals surface area contributed by atoms with E-state index in [1.807, 2.05) is 0 Å². The Kier molecular flexibility index (Phi) is 3.81. The lowest BCUT2D eigenvalue weighted by atomic mass is 10.1. The van der Waals surface area contributed by atoms with E-state index < -0.39 is 9.84 Å². The fourth-order valence-electron chi connectivity index (χ4n) is 1.76. The first-order valence-electron chi connectivity index (χ1n) is 5.99. The second-order valence-electron chi connectivity index (χ2n) is 4.12. The van der Waals surface area contributed by atoms with Crippen molar-refractivity contribution in [1.82, 2.24) is 0 Å². The van der Waals surface area contributed by atoms with Gasteiger partial charge in [-0.2, -0.15) is 0 Å². The van der Waals surface area contributed by atoms with Crippen LogP contribution in [0.5, 0.6) is 0 Å². The third-order valence-corrected chi connectivity index (χ3v) is 4.65. The molecule has 0 bridgehead atoms. The summed E-state index contributed by atoms with van der Waals surface area (Å²) in [5.74, 6) is 0.00339. The summed E-state index contributed by atoms with van der Waals surface area (Å²) in [5, 5.41) is 0.